The van der Waals surface area contributed by atoms with E-state index in [0.717, 1.165) is 29.8 Å². The zero-order valence-electron chi connectivity index (χ0n) is 10.4. The van der Waals surface area contributed by atoms with Crippen LogP contribution in [0.4, 0.5) is 0 Å². The molecule has 3 rings (SSSR count). The Morgan fingerprint density at radius 2 is 2.12 bits per heavy atom. The van der Waals surface area contributed by atoms with E-state index >= 15 is 0 Å². The van der Waals surface area contributed by atoms with Crippen molar-refractivity contribution in [1.82, 2.24) is 4.98 Å². The van der Waals surface area contributed by atoms with Crippen LogP contribution in [-0.2, 0) is 5.54 Å². The molecular formula is C14H18N2O. The van der Waals surface area contributed by atoms with Gasteiger partial charge >= 0.3 is 0 Å². The molecule has 0 saturated heterocycles. The molecule has 17 heavy (non-hydrogen) atoms. The molecule has 0 unspecified atom stereocenters. The molecule has 1 saturated carbocycles. The number of nitrogens with zero attached hydrogens (tertiary/aromatic N) is 1. The van der Waals surface area contributed by atoms with E-state index < -0.39 is 0 Å². The summed E-state index contributed by atoms with van der Waals surface area (Å²) in [7, 11) is 0. The Kier molecular flexibility index (Phi) is 2.26. The molecule has 1 aliphatic rings. The molecule has 2 N–H and O–H groups in total. The molecule has 3 heteroatoms. The summed E-state index contributed by atoms with van der Waals surface area (Å²) in [5.41, 5.74) is 9.19. The van der Waals surface area contributed by atoms with Crippen LogP contribution in [0.5, 0.6) is 0 Å². The minimum absolute atomic E-state index is 0.120. The summed E-state index contributed by atoms with van der Waals surface area (Å²) >= 11 is 0. The zero-order chi connectivity index (χ0) is 12.0. The Hall–Kier alpha value is -1.35. The summed E-state index contributed by atoms with van der Waals surface area (Å²) in [6.45, 7) is 4.17. The van der Waals surface area contributed by atoms with Gasteiger partial charge in [0.2, 0.25) is 0 Å². The first-order chi connectivity index (χ1) is 8.08. The Morgan fingerprint density at radius 1 is 1.35 bits per heavy atom. The first-order valence-corrected chi connectivity index (χ1v) is 6.28. The molecule has 0 spiro atoms. The van der Waals surface area contributed by atoms with Gasteiger partial charge in [0.05, 0.1) is 0 Å². The van der Waals surface area contributed by atoms with Crippen LogP contribution < -0.4 is 5.73 Å². The molecule has 0 radical (unpaired) electrons. The minimum atomic E-state index is -0.120. The lowest BCUT2D eigenvalue weighted by Crippen LogP contribution is -2.43. The molecule has 0 aliphatic heterocycles. The van der Waals surface area contributed by atoms with Gasteiger partial charge in [-0.2, -0.15) is 0 Å². The number of nitrogens with two attached hydrogens (primary N) is 1. The van der Waals surface area contributed by atoms with Crippen molar-refractivity contribution in [1.29, 1.82) is 0 Å². The van der Waals surface area contributed by atoms with Gasteiger partial charge < -0.3 is 10.2 Å². The van der Waals surface area contributed by atoms with Crippen LogP contribution in [0.15, 0.2) is 22.6 Å². The van der Waals surface area contributed by atoms with Gasteiger partial charge in [0.25, 0.3) is 0 Å². The van der Waals surface area contributed by atoms with Gasteiger partial charge in [-0.25, -0.2) is 4.98 Å². The lowest BCUT2D eigenvalue weighted by Gasteiger charge is -2.38. The van der Waals surface area contributed by atoms with Crippen molar-refractivity contribution in [3.05, 3.63) is 29.7 Å². The first kappa shape index (κ1) is 10.8. The molecule has 3 nitrogen and oxygen atoms in total. The van der Waals surface area contributed by atoms with Crippen LogP contribution in [0.3, 0.4) is 0 Å². The molecule has 1 aliphatic carbocycles. The standard InChI is InChI=1S/C14H18N2O/c1-9(2)13-16-11-8-10(4-5-12(11)17-13)14(15)6-3-7-14/h4-5,8-9H,3,6-7,15H2,1-2H3. The topological polar surface area (TPSA) is 52.0 Å². The fourth-order valence-corrected chi connectivity index (χ4v) is 2.35. The highest BCUT2D eigenvalue weighted by Crippen LogP contribution is 2.39. The van der Waals surface area contributed by atoms with Crippen LogP contribution >= 0.6 is 0 Å². The van der Waals surface area contributed by atoms with Crippen LogP contribution in [-0.4, -0.2) is 4.98 Å². The highest BCUT2D eigenvalue weighted by Gasteiger charge is 2.34. The second-order valence-corrected chi connectivity index (χ2v) is 5.40. The SMILES string of the molecule is CC(C)c1nc2cc(C3(N)CCC3)ccc2o1. The third-order valence-corrected chi connectivity index (χ3v) is 3.72. The van der Waals surface area contributed by atoms with Gasteiger partial charge in [-0.05, 0) is 37.0 Å². The van der Waals surface area contributed by atoms with Crippen molar-refractivity contribution in [3.8, 4) is 0 Å². The fraction of sp³-hybridized carbons (Fsp3) is 0.500. The van der Waals surface area contributed by atoms with E-state index in [1.54, 1.807) is 0 Å². The number of fused-ring (bicyclic) bond motifs is 1. The van der Waals surface area contributed by atoms with E-state index in [1.807, 2.05) is 6.07 Å². The summed E-state index contributed by atoms with van der Waals surface area (Å²) in [5, 5.41) is 0. The molecule has 1 aromatic carbocycles. The highest BCUT2D eigenvalue weighted by atomic mass is 16.3. The van der Waals surface area contributed by atoms with Crippen molar-refractivity contribution >= 4 is 11.1 Å². The molecule has 2 aromatic rings. The fourth-order valence-electron chi connectivity index (χ4n) is 2.35. The normalized spacial score (nSPS) is 18.6. The van der Waals surface area contributed by atoms with Crippen LogP contribution in [0.25, 0.3) is 11.1 Å². The largest absolute Gasteiger partial charge is 0.440 e. The lowest BCUT2D eigenvalue weighted by atomic mass is 9.73. The summed E-state index contributed by atoms with van der Waals surface area (Å²) < 4.78 is 5.70. The predicted octanol–water partition coefficient (Wildman–Crippen LogP) is 3.29. The number of oxazole rings is 1. The summed E-state index contributed by atoms with van der Waals surface area (Å²) in [4.78, 5) is 4.52. The number of rotatable bonds is 2. The maximum atomic E-state index is 6.32. The van der Waals surface area contributed by atoms with Crippen molar-refractivity contribution < 1.29 is 4.42 Å². The van der Waals surface area contributed by atoms with Gasteiger partial charge in [-0.1, -0.05) is 19.9 Å². The maximum Gasteiger partial charge on any atom is 0.198 e. The summed E-state index contributed by atoms with van der Waals surface area (Å²) in [5.74, 6) is 1.12. The molecule has 1 aromatic heterocycles. The van der Waals surface area contributed by atoms with Crippen LogP contribution in [0, 0.1) is 0 Å². The van der Waals surface area contributed by atoms with E-state index in [4.69, 9.17) is 10.2 Å². The highest BCUT2D eigenvalue weighted by molar-refractivity contribution is 5.74. The van der Waals surface area contributed by atoms with Crippen molar-refractivity contribution in [2.45, 2.75) is 44.6 Å². The molecule has 90 valence electrons. The third kappa shape index (κ3) is 1.65. The maximum absolute atomic E-state index is 6.32. The Morgan fingerprint density at radius 3 is 2.71 bits per heavy atom. The van der Waals surface area contributed by atoms with Gasteiger partial charge in [-0.15, -0.1) is 0 Å². The van der Waals surface area contributed by atoms with E-state index in [1.165, 1.54) is 12.0 Å². The van der Waals surface area contributed by atoms with E-state index in [0.29, 0.717) is 5.92 Å². The van der Waals surface area contributed by atoms with Gasteiger partial charge in [-0.3, -0.25) is 0 Å². The predicted molar refractivity (Wildman–Crippen MR) is 67.8 cm³/mol. The van der Waals surface area contributed by atoms with Crippen molar-refractivity contribution in [2.75, 3.05) is 0 Å². The molecule has 0 atom stereocenters. The molecule has 0 bridgehead atoms. The van der Waals surface area contributed by atoms with Gasteiger partial charge in [0, 0.05) is 11.5 Å². The van der Waals surface area contributed by atoms with Crippen molar-refractivity contribution in [2.24, 2.45) is 5.73 Å². The van der Waals surface area contributed by atoms with Gasteiger partial charge in [0.15, 0.2) is 11.5 Å². The molecule has 1 heterocycles. The third-order valence-electron chi connectivity index (χ3n) is 3.72. The quantitative estimate of drug-likeness (QED) is 0.861. The Bertz CT molecular complexity index is 552. The van der Waals surface area contributed by atoms with E-state index in [-0.39, 0.29) is 5.54 Å². The average Bonchev–Trinajstić information content (AvgIpc) is 2.68. The van der Waals surface area contributed by atoms with Crippen molar-refractivity contribution in [3.63, 3.8) is 0 Å². The number of benzene rings is 1. The zero-order valence-corrected chi connectivity index (χ0v) is 10.4. The minimum Gasteiger partial charge on any atom is -0.440 e. The first-order valence-electron chi connectivity index (χ1n) is 6.28. The monoisotopic (exact) mass is 230 g/mol. The molecule has 0 amide bonds. The van der Waals surface area contributed by atoms with Crippen LogP contribution in [0.2, 0.25) is 0 Å². The number of aromatic nitrogens is 1. The smallest absolute Gasteiger partial charge is 0.198 e. The average molecular weight is 230 g/mol. The summed E-state index contributed by atoms with van der Waals surface area (Å²) in [6, 6.07) is 6.16. The Balaban J connectivity index is 2.06. The Labute approximate surface area is 101 Å². The second kappa shape index (κ2) is 3.57. The van der Waals surface area contributed by atoms with E-state index in [9.17, 15) is 0 Å². The van der Waals surface area contributed by atoms with E-state index in [2.05, 4.69) is 31.0 Å². The summed E-state index contributed by atoms with van der Waals surface area (Å²) in [6.07, 6.45) is 3.38. The lowest BCUT2D eigenvalue weighted by molar-refractivity contribution is 0.254. The second-order valence-electron chi connectivity index (χ2n) is 5.40. The van der Waals surface area contributed by atoms with Gasteiger partial charge in [0.1, 0.15) is 5.52 Å². The van der Waals surface area contributed by atoms with Crippen LogP contribution in [0.1, 0.15) is 50.5 Å². The number of hydrogen-bond acceptors (Lipinski definition) is 3. The number of hydrogen-bond donors (Lipinski definition) is 1. The molecule has 1 fully saturated rings. The molecular weight excluding hydrogens is 212 g/mol.